The number of nitrogens with one attached hydrogen (secondary N) is 1. The van der Waals surface area contributed by atoms with E-state index in [2.05, 4.69) is 11.9 Å². The van der Waals surface area contributed by atoms with Crippen LogP contribution < -0.4 is 14.8 Å². The Morgan fingerprint density at radius 2 is 1.77 bits per heavy atom. The molecule has 0 unspecified atom stereocenters. The van der Waals surface area contributed by atoms with Gasteiger partial charge in [-0.1, -0.05) is 6.08 Å². The van der Waals surface area contributed by atoms with Crippen LogP contribution >= 0.6 is 0 Å². The van der Waals surface area contributed by atoms with Crippen LogP contribution in [0.2, 0.25) is 0 Å². The van der Waals surface area contributed by atoms with E-state index in [1.807, 2.05) is 0 Å². The van der Waals surface area contributed by atoms with Crippen molar-refractivity contribution < 1.29 is 24.0 Å². The molecule has 0 saturated heterocycles. The van der Waals surface area contributed by atoms with Crippen molar-refractivity contribution in [2.45, 2.75) is 0 Å². The third-order valence-electron chi connectivity index (χ3n) is 4.66. The number of amides is 2. The lowest BCUT2D eigenvalue weighted by Gasteiger charge is -2.19. The molecule has 0 aliphatic carbocycles. The first-order chi connectivity index (χ1) is 14.5. The molecule has 9 nitrogen and oxygen atoms in total. The lowest BCUT2D eigenvalue weighted by molar-refractivity contribution is -0.384. The Morgan fingerprint density at radius 1 is 1.07 bits per heavy atom. The summed E-state index contributed by atoms with van der Waals surface area (Å²) in [5.74, 6) is 0.110. The molecule has 2 amide bonds. The fourth-order valence-electron chi connectivity index (χ4n) is 3.27. The zero-order chi connectivity index (χ0) is 21.3. The van der Waals surface area contributed by atoms with Crippen LogP contribution in [-0.4, -0.2) is 41.4 Å². The summed E-state index contributed by atoms with van der Waals surface area (Å²) in [7, 11) is 0. The molecule has 0 fully saturated rings. The topological polar surface area (TPSA) is 111 Å². The molecule has 0 spiro atoms. The first kappa shape index (κ1) is 19.2. The molecule has 9 heteroatoms. The average Bonchev–Trinajstić information content (AvgIpc) is 2.98. The molecule has 0 aromatic heterocycles. The van der Waals surface area contributed by atoms with E-state index >= 15 is 0 Å². The fourth-order valence-corrected chi connectivity index (χ4v) is 3.27. The second-order valence-electron chi connectivity index (χ2n) is 6.55. The van der Waals surface area contributed by atoms with Gasteiger partial charge in [-0.15, -0.1) is 6.58 Å². The highest BCUT2D eigenvalue weighted by Gasteiger charge is 2.38. The van der Waals surface area contributed by atoms with E-state index in [0.29, 0.717) is 36.0 Å². The predicted molar refractivity (Wildman–Crippen MR) is 108 cm³/mol. The molecule has 0 bridgehead atoms. The molecule has 2 aromatic carbocycles. The standard InChI is InChI=1S/C21H17N3O6/c1-2-9-23-20(25)18(13-3-6-15(7-4-13)24(27)28)19(21(23)26)22-14-5-8-16-17(12-14)30-11-10-29-16/h2-8,12,22H,1,9-11H2. The monoisotopic (exact) mass is 407 g/mol. The van der Waals surface area contributed by atoms with Gasteiger partial charge in [-0.2, -0.15) is 0 Å². The molecule has 30 heavy (non-hydrogen) atoms. The van der Waals surface area contributed by atoms with E-state index in [1.54, 1.807) is 18.2 Å². The van der Waals surface area contributed by atoms with Crippen LogP contribution in [0.4, 0.5) is 11.4 Å². The van der Waals surface area contributed by atoms with Gasteiger partial charge in [0, 0.05) is 30.4 Å². The van der Waals surface area contributed by atoms with Crippen molar-refractivity contribution in [3.8, 4) is 11.5 Å². The Morgan fingerprint density at radius 3 is 2.43 bits per heavy atom. The first-order valence-electron chi connectivity index (χ1n) is 9.12. The number of anilines is 1. The fraction of sp³-hybridized carbons (Fsp3) is 0.143. The number of nitrogens with zero attached hydrogens (tertiary/aromatic N) is 2. The normalized spacial score (nSPS) is 15.4. The molecule has 2 aliphatic rings. The van der Waals surface area contributed by atoms with Crippen molar-refractivity contribution in [2.24, 2.45) is 0 Å². The molecular weight excluding hydrogens is 390 g/mol. The van der Waals surface area contributed by atoms with Gasteiger partial charge in [-0.25, -0.2) is 0 Å². The van der Waals surface area contributed by atoms with Gasteiger partial charge >= 0.3 is 0 Å². The third-order valence-corrected chi connectivity index (χ3v) is 4.66. The Bertz CT molecular complexity index is 1090. The van der Waals surface area contributed by atoms with E-state index in [9.17, 15) is 19.7 Å². The highest BCUT2D eigenvalue weighted by atomic mass is 16.6. The van der Waals surface area contributed by atoms with Crippen LogP contribution in [0.3, 0.4) is 0 Å². The number of hydrogen-bond donors (Lipinski definition) is 1. The van der Waals surface area contributed by atoms with Gasteiger partial charge < -0.3 is 14.8 Å². The minimum atomic E-state index is -0.530. The SMILES string of the molecule is C=CCN1C(=O)C(Nc2ccc3c(c2)OCCO3)=C(c2ccc([N+](=O)[O-])cc2)C1=O. The number of ether oxygens (including phenoxy) is 2. The number of hydrogen-bond acceptors (Lipinski definition) is 7. The summed E-state index contributed by atoms with van der Waals surface area (Å²) < 4.78 is 11.1. The van der Waals surface area contributed by atoms with E-state index in [0.717, 1.165) is 4.90 Å². The Balaban J connectivity index is 1.75. The second-order valence-corrected chi connectivity index (χ2v) is 6.55. The summed E-state index contributed by atoms with van der Waals surface area (Å²) in [4.78, 5) is 37.3. The van der Waals surface area contributed by atoms with Crippen molar-refractivity contribution in [3.05, 3.63) is 76.5 Å². The Kier molecular flexibility index (Phi) is 4.93. The number of imide groups is 1. The molecule has 0 radical (unpaired) electrons. The van der Waals surface area contributed by atoms with Gasteiger partial charge in [0.05, 0.1) is 10.5 Å². The number of carbonyl (C=O) groups excluding carboxylic acids is 2. The van der Waals surface area contributed by atoms with Gasteiger partial charge in [0.1, 0.15) is 18.9 Å². The van der Waals surface area contributed by atoms with E-state index in [1.165, 1.54) is 30.3 Å². The molecular formula is C21H17N3O6. The highest BCUT2D eigenvalue weighted by molar-refractivity contribution is 6.36. The first-order valence-corrected chi connectivity index (χ1v) is 9.12. The molecule has 2 aromatic rings. The lowest BCUT2D eigenvalue weighted by Crippen LogP contribution is -2.32. The van der Waals surface area contributed by atoms with Crippen molar-refractivity contribution in [2.75, 3.05) is 25.1 Å². The number of benzene rings is 2. The Labute approximate surface area is 171 Å². The minimum Gasteiger partial charge on any atom is -0.486 e. The zero-order valence-electron chi connectivity index (χ0n) is 15.8. The molecule has 2 heterocycles. The van der Waals surface area contributed by atoms with Crippen molar-refractivity contribution in [3.63, 3.8) is 0 Å². The van der Waals surface area contributed by atoms with Gasteiger partial charge in [-0.3, -0.25) is 24.6 Å². The molecule has 152 valence electrons. The number of fused-ring (bicyclic) bond motifs is 1. The quantitative estimate of drug-likeness (QED) is 0.339. The second kappa shape index (κ2) is 7.70. The van der Waals surface area contributed by atoms with Crippen molar-refractivity contribution in [1.29, 1.82) is 0 Å². The maximum absolute atomic E-state index is 12.9. The number of nitro benzene ring substituents is 1. The highest BCUT2D eigenvalue weighted by Crippen LogP contribution is 2.35. The number of carbonyl (C=O) groups is 2. The van der Waals surface area contributed by atoms with E-state index < -0.39 is 16.7 Å². The summed E-state index contributed by atoms with van der Waals surface area (Å²) in [6, 6.07) is 10.6. The molecule has 0 saturated carbocycles. The van der Waals surface area contributed by atoms with Gasteiger partial charge in [0.25, 0.3) is 17.5 Å². The number of rotatable bonds is 6. The third kappa shape index (κ3) is 3.37. The van der Waals surface area contributed by atoms with Crippen LogP contribution in [0.15, 0.2) is 60.8 Å². The molecule has 2 aliphatic heterocycles. The summed E-state index contributed by atoms with van der Waals surface area (Å²) in [6.45, 7) is 4.50. The Hall–Kier alpha value is -4.14. The minimum absolute atomic E-state index is 0.0421. The van der Waals surface area contributed by atoms with Crippen LogP contribution in [0.1, 0.15) is 5.56 Å². The van der Waals surface area contributed by atoms with Crippen LogP contribution in [-0.2, 0) is 9.59 Å². The lowest BCUT2D eigenvalue weighted by atomic mass is 10.0. The van der Waals surface area contributed by atoms with Crippen molar-refractivity contribution in [1.82, 2.24) is 4.90 Å². The smallest absolute Gasteiger partial charge is 0.278 e. The largest absolute Gasteiger partial charge is 0.486 e. The summed E-state index contributed by atoms with van der Waals surface area (Å²) >= 11 is 0. The van der Waals surface area contributed by atoms with Crippen molar-refractivity contribution >= 4 is 28.8 Å². The van der Waals surface area contributed by atoms with Gasteiger partial charge in [-0.05, 0) is 29.8 Å². The average molecular weight is 407 g/mol. The van der Waals surface area contributed by atoms with Gasteiger partial charge in [0.15, 0.2) is 11.5 Å². The number of nitro groups is 1. The molecule has 0 atom stereocenters. The number of non-ortho nitro benzene ring substituents is 1. The zero-order valence-corrected chi connectivity index (χ0v) is 15.8. The van der Waals surface area contributed by atoms with E-state index in [-0.39, 0.29) is 23.5 Å². The summed E-state index contributed by atoms with van der Waals surface area (Å²) in [5, 5.41) is 13.9. The maximum Gasteiger partial charge on any atom is 0.278 e. The van der Waals surface area contributed by atoms with Crippen LogP contribution in [0.5, 0.6) is 11.5 Å². The van der Waals surface area contributed by atoms with Crippen LogP contribution in [0.25, 0.3) is 5.57 Å². The molecule has 1 N–H and O–H groups in total. The van der Waals surface area contributed by atoms with Crippen LogP contribution in [0, 0.1) is 10.1 Å². The summed E-state index contributed by atoms with van der Waals surface area (Å²) in [5.41, 5.74) is 1.03. The molecule has 4 rings (SSSR count). The van der Waals surface area contributed by atoms with E-state index in [4.69, 9.17) is 9.47 Å². The maximum atomic E-state index is 12.9. The van der Waals surface area contributed by atoms with Gasteiger partial charge in [0.2, 0.25) is 0 Å². The summed E-state index contributed by atoms with van der Waals surface area (Å²) in [6.07, 6.45) is 1.45. The predicted octanol–water partition coefficient (Wildman–Crippen LogP) is 2.74.